The number of hydrogen-bond acceptors (Lipinski definition) is 1. The quantitative estimate of drug-likeness (QED) is 0.687. The molecule has 1 atom stereocenters. The molecule has 12 heavy (non-hydrogen) atoms. The number of hydrogen-bond donors (Lipinski definition) is 1. The van der Waals surface area contributed by atoms with E-state index in [1.165, 1.54) is 38.5 Å². The number of aliphatic hydroxyl groups excluding tert-OH is 1. The van der Waals surface area contributed by atoms with Crippen LogP contribution in [0.1, 0.15) is 52.4 Å². The highest BCUT2D eigenvalue weighted by Gasteiger charge is 2.33. The van der Waals surface area contributed by atoms with Gasteiger partial charge in [-0.2, -0.15) is 0 Å². The van der Waals surface area contributed by atoms with Crippen molar-refractivity contribution in [3.05, 3.63) is 0 Å². The van der Waals surface area contributed by atoms with Crippen LogP contribution in [0.25, 0.3) is 0 Å². The Kier molecular flexibility index (Phi) is 3.57. The van der Waals surface area contributed by atoms with Gasteiger partial charge in [0.1, 0.15) is 0 Å². The summed E-state index contributed by atoms with van der Waals surface area (Å²) in [7, 11) is 0. The fraction of sp³-hybridized carbons (Fsp3) is 1.00. The van der Waals surface area contributed by atoms with Crippen molar-refractivity contribution in [2.45, 2.75) is 52.4 Å². The zero-order valence-corrected chi connectivity index (χ0v) is 8.47. The van der Waals surface area contributed by atoms with E-state index in [9.17, 15) is 5.11 Å². The highest BCUT2D eigenvalue weighted by atomic mass is 16.3. The van der Waals surface area contributed by atoms with Gasteiger partial charge in [-0.25, -0.2) is 0 Å². The van der Waals surface area contributed by atoms with Crippen LogP contribution in [0.15, 0.2) is 0 Å². The van der Waals surface area contributed by atoms with E-state index in [1.54, 1.807) is 0 Å². The summed E-state index contributed by atoms with van der Waals surface area (Å²) in [5.74, 6) is 0.787. The van der Waals surface area contributed by atoms with Gasteiger partial charge in [0.25, 0.3) is 0 Å². The van der Waals surface area contributed by atoms with Gasteiger partial charge in [-0.3, -0.25) is 0 Å². The van der Waals surface area contributed by atoms with Crippen LogP contribution in [0.3, 0.4) is 0 Å². The number of rotatable bonds is 4. The average molecular weight is 170 g/mol. The molecule has 0 aromatic rings. The van der Waals surface area contributed by atoms with Crippen LogP contribution in [0.2, 0.25) is 0 Å². The summed E-state index contributed by atoms with van der Waals surface area (Å²) in [6, 6.07) is 0. The Labute approximate surface area is 76.2 Å². The molecule has 1 aliphatic carbocycles. The molecule has 0 amide bonds. The maximum absolute atomic E-state index is 9.36. The third-order valence-electron chi connectivity index (χ3n) is 3.48. The van der Waals surface area contributed by atoms with Crippen molar-refractivity contribution in [2.24, 2.45) is 11.3 Å². The maximum Gasteiger partial charge on any atom is 0.0487 e. The molecule has 1 rings (SSSR count). The van der Waals surface area contributed by atoms with Crippen molar-refractivity contribution in [3.8, 4) is 0 Å². The van der Waals surface area contributed by atoms with Crippen LogP contribution >= 0.6 is 0 Å². The third-order valence-corrected chi connectivity index (χ3v) is 3.48. The second-order valence-electron chi connectivity index (χ2n) is 4.58. The van der Waals surface area contributed by atoms with Crippen molar-refractivity contribution in [1.82, 2.24) is 0 Å². The van der Waals surface area contributed by atoms with Gasteiger partial charge in [0.2, 0.25) is 0 Å². The molecule has 72 valence electrons. The normalized spacial score (nSPS) is 24.2. The molecule has 0 spiro atoms. The predicted octanol–water partition coefficient (Wildman–Crippen LogP) is 2.98. The molecule has 1 N–H and O–H groups in total. The van der Waals surface area contributed by atoms with Crippen LogP contribution < -0.4 is 0 Å². The fourth-order valence-corrected chi connectivity index (χ4v) is 2.44. The van der Waals surface area contributed by atoms with E-state index in [2.05, 4.69) is 13.8 Å². The van der Waals surface area contributed by atoms with Crippen LogP contribution in [0, 0.1) is 11.3 Å². The lowest BCUT2D eigenvalue weighted by Crippen LogP contribution is -2.24. The van der Waals surface area contributed by atoms with Gasteiger partial charge < -0.3 is 5.11 Å². The standard InChI is InChI=1S/C11H22O/c1-3-10(2)8-11(9-12)6-4-5-7-11/h10,12H,3-9H2,1-2H3. The first-order chi connectivity index (χ1) is 5.72. The van der Waals surface area contributed by atoms with Gasteiger partial charge in [-0.1, -0.05) is 33.1 Å². The molecule has 0 aliphatic heterocycles. The zero-order valence-electron chi connectivity index (χ0n) is 8.47. The zero-order chi connectivity index (χ0) is 9.03. The molecule has 1 unspecified atom stereocenters. The summed E-state index contributed by atoms with van der Waals surface area (Å²) in [4.78, 5) is 0. The summed E-state index contributed by atoms with van der Waals surface area (Å²) in [5.41, 5.74) is 0.315. The summed E-state index contributed by atoms with van der Waals surface area (Å²) in [5, 5.41) is 9.36. The van der Waals surface area contributed by atoms with Crippen molar-refractivity contribution >= 4 is 0 Å². The Balaban J connectivity index is 2.43. The van der Waals surface area contributed by atoms with Crippen LogP contribution in [-0.2, 0) is 0 Å². The summed E-state index contributed by atoms with van der Waals surface area (Å²) in [6.45, 7) is 4.96. The molecule has 0 aromatic heterocycles. The molecule has 1 heteroatoms. The van der Waals surface area contributed by atoms with E-state index in [0.29, 0.717) is 12.0 Å². The number of aliphatic hydroxyl groups is 1. The SMILES string of the molecule is CCC(C)CC1(CO)CCCC1. The second-order valence-corrected chi connectivity index (χ2v) is 4.58. The molecule has 1 nitrogen and oxygen atoms in total. The smallest absolute Gasteiger partial charge is 0.0487 e. The molecular weight excluding hydrogens is 148 g/mol. The molecule has 1 saturated carbocycles. The minimum atomic E-state index is 0.315. The first-order valence-corrected chi connectivity index (χ1v) is 5.33. The largest absolute Gasteiger partial charge is 0.396 e. The van der Waals surface area contributed by atoms with Crippen molar-refractivity contribution in [3.63, 3.8) is 0 Å². The lowest BCUT2D eigenvalue weighted by atomic mass is 9.78. The average Bonchev–Trinajstić information content (AvgIpc) is 2.54. The van der Waals surface area contributed by atoms with E-state index in [0.717, 1.165) is 5.92 Å². The highest BCUT2D eigenvalue weighted by molar-refractivity contribution is 4.85. The Morgan fingerprint density at radius 1 is 1.33 bits per heavy atom. The summed E-state index contributed by atoms with van der Waals surface area (Å²) < 4.78 is 0. The lowest BCUT2D eigenvalue weighted by molar-refractivity contribution is 0.103. The monoisotopic (exact) mass is 170 g/mol. The molecule has 0 radical (unpaired) electrons. The molecule has 1 fully saturated rings. The van der Waals surface area contributed by atoms with Gasteiger partial charge in [0.15, 0.2) is 0 Å². The van der Waals surface area contributed by atoms with Crippen molar-refractivity contribution < 1.29 is 5.11 Å². The fourth-order valence-electron chi connectivity index (χ4n) is 2.44. The van der Waals surface area contributed by atoms with Gasteiger partial charge >= 0.3 is 0 Å². The summed E-state index contributed by atoms with van der Waals surface area (Å²) in [6.07, 6.45) is 7.66. The Morgan fingerprint density at radius 3 is 2.33 bits per heavy atom. The molecule has 0 aromatic carbocycles. The minimum Gasteiger partial charge on any atom is -0.396 e. The summed E-state index contributed by atoms with van der Waals surface area (Å²) >= 11 is 0. The van der Waals surface area contributed by atoms with Crippen LogP contribution in [0.5, 0.6) is 0 Å². The Morgan fingerprint density at radius 2 is 1.92 bits per heavy atom. The van der Waals surface area contributed by atoms with E-state index in [-0.39, 0.29) is 0 Å². The molecule has 0 bridgehead atoms. The maximum atomic E-state index is 9.36. The molecule has 0 saturated heterocycles. The lowest BCUT2D eigenvalue weighted by Gasteiger charge is -2.29. The Hall–Kier alpha value is -0.0400. The van der Waals surface area contributed by atoms with Gasteiger partial charge in [0, 0.05) is 6.61 Å². The molecule has 0 heterocycles. The van der Waals surface area contributed by atoms with E-state index in [4.69, 9.17) is 0 Å². The van der Waals surface area contributed by atoms with Crippen LogP contribution in [-0.4, -0.2) is 11.7 Å². The minimum absolute atomic E-state index is 0.315. The van der Waals surface area contributed by atoms with Gasteiger partial charge in [-0.15, -0.1) is 0 Å². The molecular formula is C11H22O. The highest BCUT2D eigenvalue weighted by Crippen LogP contribution is 2.43. The second kappa shape index (κ2) is 4.27. The van der Waals surface area contributed by atoms with Crippen LogP contribution in [0.4, 0.5) is 0 Å². The van der Waals surface area contributed by atoms with Crippen molar-refractivity contribution in [1.29, 1.82) is 0 Å². The molecule has 1 aliphatic rings. The van der Waals surface area contributed by atoms with E-state index < -0.39 is 0 Å². The first kappa shape index (κ1) is 10.0. The topological polar surface area (TPSA) is 20.2 Å². The predicted molar refractivity (Wildman–Crippen MR) is 52.1 cm³/mol. The first-order valence-electron chi connectivity index (χ1n) is 5.33. The van der Waals surface area contributed by atoms with E-state index >= 15 is 0 Å². The Bertz CT molecular complexity index is 125. The van der Waals surface area contributed by atoms with Crippen molar-refractivity contribution in [2.75, 3.05) is 6.61 Å². The van der Waals surface area contributed by atoms with Gasteiger partial charge in [0.05, 0.1) is 0 Å². The third kappa shape index (κ3) is 2.22. The van der Waals surface area contributed by atoms with E-state index in [1.807, 2.05) is 0 Å². The van der Waals surface area contributed by atoms with Gasteiger partial charge in [-0.05, 0) is 30.6 Å².